The van der Waals surface area contributed by atoms with Crippen LogP contribution in [0.25, 0.3) is 0 Å². The lowest BCUT2D eigenvalue weighted by atomic mass is 10.2. The minimum atomic E-state index is -2.88. The Labute approximate surface area is 97.5 Å². The number of amides is 1. The maximum atomic E-state index is 11.9. The summed E-state index contributed by atoms with van der Waals surface area (Å²) in [6, 6.07) is 8.78. The number of aliphatic hydroxyl groups excluding tert-OH is 1. The summed E-state index contributed by atoms with van der Waals surface area (Å²) < 4.78 is 23.8. The Balaban J connectivity index is 2.43. The molecule has 0 aliphatic rings. The topological polar surface area (TPSA) is 49.3 Å². The predicted octanol–water partition coefficient (Wildman–Crippen LogP) is 0.780. The van der Waals surface area contributed by atoms with E-state index in [4.69, 9.17) is 5.11 Å². The number of halogens is 2. The quantitative estimate of drug-likeness (QED) is 0.766. The first kappa shape index (κ1) is 13.1. The van der Waals surface area contributed by atoms with E-state index in [2.05, 4.69) is 17.2 Å². The van der Waals surface area contributed by atoms with Crippen LogP contribution in [-0.4, -0.2) is 30.1 Å². The molecule has 1 amide bonds. The molecule has 0 bridgehead atoms. The van der Waals surface area contributed by atoms with Crippen molar-refractivity contribution in [1.82, 2.24) is 5.32 Å². The SMILES string of the molecule is O=C(C#Cc1ccccc1)NCC(O)C(F)F. The van der Waals surface area contributed by atoms with Crippen molar-refractivity contribution in [2.45, 2.75) is 12.5 Å². The van der Waals surface area contributed by atoms with Gasteiger partial charge in [-0.1, -0.05) is 24.1 Å². The average Bonchev–Trinajstić information content (AvgIpc) is 2.34. The minimum Gasteiger partial charge on any atom is -0.385 e. The van der Waals surface area contributed by atoms with Gasteiger partial charge in [-0.25, -0.2) is 8.78 Å². The Morgan fingerprint density at radius 2 is 2.00 bits per heavy atom. The third-order valence-electron chi connectivity index (χ3n) is 1.86. The van der Waals surface area contributed by atoms with Crippen LogP contribution in [0, 0.1) is 11.8 Å². The monoisotopic (exact) mass is 239 g/mol. The molecule has 2 N–H and O–H groups in total. The van der Waals surface area contributed by atoms with Crippen LogP contribution in [0.3, 0.4) is 0 Å². The van der Waals surface area contributed by atoms with E-state index in [0.717, 1.165) is 0 Å². The average molecular weight is 239 g/mol. The van der Waals surface area contributed by atoms with E-state index in [9.17, 15) is 13.6 Å². The lowest BCUT2D eigenvalue weighted by Gasteiger charge is -2.08. The first-order valence-corrected chi connectivity index (χ1v) is 4.90. The van der Waals surface area contributed by atoms with Crippen molar-refractivity contribution >= 4 is 5.91 Å². The van der Waals surface area contributed by atoms with Crippen LogP contribution in [0.4, 0.5) is 8.78 Å². The number of aliphatic hydroxyl groups is 1. The van der Waals surface area contributed by atoms with Crippen LogP contribution in [0.2, 0.25) is 0 Å². The van der Waals surface area contributed by atoms with Crippen molar-refractivity contribution < 1.29 is 18.7 Å². The van der Waals surface area contributed by atoms with E-state index in [0.29, 0.717) is 5.56 Å². The second-order valence-electron chi connectivity index (χ2n) is 3.23. The Morgan fingerprint density at radius 1 is 1.35 bits per heavy atom. The molecule has 1 aromatic rings. The van der Waals surface area contributed by atoms with Crippen molar-refractivity contribution in [1.29, 1.82) is 0 Å². The largest absolute Gasteiger partial charge is 0.385 e. The van der Waals surface area contributed by atoms with Crippen LogP contribution in [-0.2, 0) is 4.79 Å². The number of carbonyl (C=O) groups excluding carboxylic acids is 1. The van der Waals surface area contributed by atoms with E-state index in [1.807, 2.05) is 6.07 Å². The summed E-state index contributed by atoms with van der Waals surface area (Å²) in [7, 11) is 0. The fraction of sp³-hybridized carbons (Fsp3) is 0.250. The van der Waals surface area contributed by atoms with Gasteiger partial charge in [-0.3, -0.25) is 4.79 Å². The highest BCUT2D eigenvalue weighted by molar-refractivity contribution is 5.94. The Morgan fingerprint density at radius 3 is 2.59 bits per heavy atom. The molecule has 0 aliphatic heterocycles. The van der Waals surface area contributed by atoms with Crippen LogP contribution in [0.1, 0.15) is 5.56 Å². The summed E-state index contributed by atoms with van der Waals surface area (Å²) in [5.74, 6) is 4.10. The fourth-order valence-electron chi connectivity index (χ4n) is 0.981. The van der Waals surface area contributed by atoms with Gasteiger partial charge in [0.2, 0.25) is 0 Å². The maximum Gasteiger partial charge on any atom is 0.296 e. The number of alkyl halides is 2. The summed E-state index contributed by atoms with van der Waals surface area (Å²) in [5.41, 5.74) is 0.650. The van der Waals surface area contributed by atoms with Crippen LogP contribution in [0.5, 0.6) is 0 Å². The molecule has 1 unspecified atom stereocenters. The molecule has 0 spiro atoms. The molecule has 0 saturated heterocycles. The zero-order chi connectivity index (χ0) is 12.7. The molecule has 0 aliphatic carbocycles. The van der Waals surface area contributed by atoms with Gasteiger partial charge >= 0.3 is 0 Å². The summed E-state index contributed by atoms with van der Waals surface area (Å²) in [5, 5.41) is 10.8. The van der Waals surface area contributed by atoms with Crippen molar-refractivity contribution in [2.24, 2.45) is 0 Å². The van der Waals surface area contributed by atoms with Crippen LogP contribution >= 0.6 is 0 Å². The van der Waals surface area contributed by atoms with Crippen LogP contribution in [0.15, 0.2) is 30.3 Å². The molecule has 5 heteroatoms. The molecular formula is C12H11F2NO2. The van der Waals surface area contributed by atoms with Gasteiger partial charge in [-0.05, 0) is 12.1 Å². The van der Waals surface area contributed by atoms with Gasteiger partial charge in [0.25, 0.3) is 12.3 Å². The van der Waals surface area contributed by atoms with E-state index in [1.165, 1.54) is 0 Å². The van der Waals surface area contributed by atoms with Crippen molar-refractivity contribution in [3.8, 4) is 11.8 Å². The minimum absolute atomic E-state index is 0.514. The molecule has 0 aromatic heterocycles. The van der Waals surface area contributed by atoms with Gasteiger partial charge in [-0.2, -0.15) is 0 Å². The standard InChI is InChI=1S/C12H11F2NO2/c13-12(14)10(16)8-15-11(17)7-6-9-4-2-1-3-5-9/h1-5,10,12,16H,8H2,(H,15,17). The number of hydrogen-bond donors (Lipinski definition) is 2. The second kappa shape index (κ2) is 6.61. The molecule has 1 rings (SSSR count). The van der Waals surface area contributed by atoms with Crippen molar-refractivity contribution in [3.05, 3.63) is 35.9 Å². The molecule has 17 heavy (non-hydrogen) atoms. The zero-order valence-electron chi connectivity index (χ0n) is 8.86. The maximum absolute atomic E-state index is 11.9. The molecular weight excluding hydrogens is 228 g/mol. The second-order valence-corrected chi connectivity index (χ2v) is 3.23. The van der Waals surface area contributed by atoms with E-state index < -0.39 is 25.0 Å². The highest BCUT2D eigenvalue weighted by atomic mass is 19.3. The van der Waals surface area contributed by atoms with Gasteiger partial charge < -0.3 is 10.4 Å². The normalized spacial score (nSPS) is 11.5. The molecule has 0 saturated carbocycles. The Hall–Kier alpha value is -1.93. The first-order chi connectivity index (χ1) is 8.09. The molecule has 1 atom stereocenters. The lowest BCUT2D eigenvalue weighted by molar-refractivity contribution is -0.116. The smallest absolute Gasteiger partial charge is 0.296 e. The molecule has 1 aromatic carbocycles. The third-order valence-corrected chi connectivity index (χ3v) is 1.86. The predicted molar refractivity (Wildman–Crippen MR) is 58.3 cm³/mol. The summed E-state index contributed by atoms with van der Waals surface area (Å²) >= 11 is 0. The molecule has 3 nitrogen and oxygen atoms in total. The first-order valence-electron chi connectivity index (χ1n) is 4.90. The molecule has 90 valence electrons. The number of carbonyl (C=O) groups is 1. The highest BCUT2D eigenvalue weighted by Gasteiger charge is 2.16. The van der Waals surface area contributed by atoms with E-state index in [-0.39, 0.29) is 0 Å². The number of nitrogens with one attached hydrogen (secondary N) is 1. The van der Waals surface area contributed by atoms with Gasteiger partial charge in [0, 0.05) is 11.5 Å². The van der Waals surface area contributed by atoms with Crippen molar-refractivity contribution in [2.75, 3.05) is 6.54 Å². The molecule has 0 fully saturated rings. The lowest BCUT2D eigenvalue weighted by Crippen LogP contribution is -2.35. The van der Waals surface area contributed by atoms with Gasteiger partial charge in [0.05, 0.1) is 6.54 Å². The number of benzene rings is 1. The summed E-state index contributed by atoms with van der Waals surface area (Å²) in [4.78, 5) is 11.1. The summed E-state index contributed by atoms with van der Waals surface area (Å²) in [6.07, 6.45) is -4.74. The number of rotatable bonds is 3. The van der Waals surface area contributed by atoms with E-state index >= 15 is 0 Å². The van der Waals surface area contributed by atoms with Gasteiger partial charge in [-0.15, -0.1) is 0 Å². The Bertz CT molecular complexity index is 423. The van der Waals surface area contributed by atoms with Crippen molar-refractivity contribution in [3.63, 3.8) is 0 Å². The molecule has 0 heterocycles. The van der Waals surface area contributed by atoms with Gasteiger partial charge in [0.15, 0.2) is 0 Å². The third kappa shape index (κ3) is 5.09. The number of hydrogen-bond acceptors (Lipinski definition) is 2. The van der Waals surface area contributed by atoms with Gasteiger partial charge in [0.1, 0.15) is 6.10 Å². The zero-order valence-corrected chi connectivity index (χ0v) is 8.86. The Kier molecular flexibility index (Phi) is 5.11. The fourth-order valence-corrected chi connectivity index (χ4v) is 0.981. The molecule has 0 radical (unpaired) electrons. The van der Waals surface area contributed by atoms with E-state index in [1.54, 1.807) is 24.3 Å². The highest BCUT2D eigenvalue weighted by Crippen LogP contribution is 1.98. The van der Waals surface area contributed by atoms with Crippen LogP contribution < -0.4 is 5.32 Å². The summed E-state index contributed by atoms with van der Waals surface area (Å²) in [6.45, 7) is -0.514.